The number of carbonyl (C=O) groups excluding carboxylic acids is 1. The molecule has 0 saturated heterocycles. The molecule has 0 fully saturated rings. The Morgan fingerprint density at radius 2 is 1.58 bits per heavy atom. The van der Waals surface area contributed by atoms with Crippen molar-refractivity contribution in [3.8, 4) is 0 Å². The molecule has 0 aromatic heterocycles. The highest BCUT2D eigenvalue weighted by Gasteiger charge is 2.07. The van der Waals surface area contributed by atoms with Gasteiger partial charge in [0.15, 0.2) is 0 Å². The number of alkyl halides is 1. The minimum absolute atomic E-state index is 0.0137. The van der Waals surface area contributed by atoms with Crippen molar-refractivity contribution in [1.29, 1.82) is 0 Å². The van der Waals surface area contributed by atoms with Crippen LogP contribution in [0.3, 0.4) is 0 Å². The highest BCUT2D eigenvalue weighted by molar-refractivity contribution is 6.18. The molecule has 0 aliphatic rings. The maximum absolute atomic E-state index is 11.3. The van der Waals surface area contributed by atoms with Gasteiger partial charge in [-0.05, 0) is 6.42 Å². The molecule has 1 N–H and O–H groups in total. The maximum Gasteiger partial charge on any atom is 0.305 e. The number of unbranched alkanes of at least 4 members (excludes halogenated alkanes) is 8. The normalized spacial score (nSPS) is 12.4. The number of ether oxygens (including phenoxy) is 1. The van der Waals surface area contributed by atoms with Crippen LogP contribution >= 0.6 is 11.6 Å². The molecule has 3 nitrogen and oxygen atoms in total. The van der Waals surface area contributed by atoms with Gasteiger partial charge in [0.05, 0.1) is 5.88 Å². The lowest BCUT2D eigenvalue weighted by molar-refractivity contribution is -0.146. The smallest absolute Gasteiger partial charge is 0.305 e. The molecular weight excluding hydrogens is 264 g/mol. The van der Waals surface area contributed by atoms with E-state index in [0.29, 0.717) is 6.42 Å². The number of hydrogen-bond acceptors (Lipinski definition) is 3. The van der Waals surface area contributed by atoms with E-state index in [1.54, 1.807) is 0 Å². The second-order valence-electron chi connectivity index (χ2n) is 5.07. The highest BCUT2D eigenvalue weighted by Crippen LogP contribution is 2.10. The van der Waals surface area contributed by atoms with Crippen molar-refractivity contribution in [2.75, 3.05) is 12.5 Å². The molecule has 0 heterocycles. The number of aliphatic hydroxyl groups excluding tert-OH is 1. The van der Waals surface area contributed by atoms with Crippen molar-refractivity contribution >= 4 is 17.6 Å². The van der Waals surface area contributed by atoms with Crippen molar-refractivity contribution < 1.29 is 14.6 Å². The Kier molecular flexibility index (Phi) is 13.9. The van der Waals surface area contributed by atoms with Gasteiger partial charge in [-0.1, -0.05) is 58.3 Å². The van der Waals surface area contributed by atoms with E-state index >= 15 is 0 Å². The molecule has 0 aliphatic heterocycles. The number of halogens is 1. The van der Waals surface area contributed by atoms with Crippen molar-refractivity contribution in [2.24, 2.45) is 0 Å². The average molecular weight is 293 g/mol. The van der Waals surface area contributed by atoms with Crippen LogP contribution in [-0.2, 0) is 9.53 Å². The van der Waals surface area contributed by atoms with E-state index in [9.17, 15) is 4.79 Å². The molecule has 4 heteroatoms. The fourth-order valence-electron chi connectivity index (χ4n) is 1.89. The monoisotopic (exact) mass is 292 g/mol. The molecule has 1 atom stereocenters. The number of carbonyl (C=O) groups is 1. The Bertz CT molecular complexity index is 210. The standard InChI is InChI=1S/C15H29ClO3/c1-2-3-4-5-6-7-8-9-10-11-15(18)19-13-14(17)12-16/h14,17H,2-13H2,1H3/t14-/m1/s1. The van der Waals surface area contributed by atoms with Gasteiger partial charge in [0.25, 0.3) is 0 Å². The fraction of sp³-hybridized carbons (Fsp3) is 0.933. The minimum atomic E-state index is -0.742. The number of hydrogen-bond donors (Lipinski definition) is 1. The molecule has 0 bridgehead atoms. The third-order valence-electron chi connectivity index (χ3n) is 3.10. The lowest BCUT2D eigenvalue weighted by Gasteiger charge is -2.08. The molecule has 0 saturated carbocycles. The lowest BCUT2D eigenvalue weighted by atomic mass is 10.1. The van der Waals surface area contributed by atoms with Crippen LogP contribution in [0, 0.1) is 0 Å². The van der Waals surface area contributed by atoms with Crippen LogP contribution in [-0.4, -0.2) is 29.7 Å². The van der Waals surface area contributed by atoms with Gasteiger partial charge >= 0.3 is 5.97 Å². The summed E-state index contributed by atoms with van der Waals surface area (Å²) in [4.78, 5) is 11.3. The van der Waals surface area contributed by atoms with Crippen LogP contribution < -0.4 is 0 Å². The molecule has 0 aliphatic carbocycles. The van der Waals surface area contributed by atoms with E-state index < -0.39 is 6.10 Å². The summed E-state index contributed by atoms with van der Waals surface area (Å²) >= 11 is 5.40. The maximum atomic E-state index is 11.3. The highest BCUT2D eigenvalue weighted by atomic mass is 35.5. The predicted molar refractivity (Wildman–Crippen MR) is 79.5 cm³/mol. The third-order valence-corrected chi connectivity index (χ3v) is 3.46. The quantitative estimate of drug-likeness (QED) is 0.316. The summed E-state index contributed by atoms with van der Waals surface area (Å²) in [5.41, 5.74) is 0. The molecule has 0 aromatic carbocycles. The topological polar surface area (TPSA) is 46.5 Å². The van der Waals surface area contributed by atoms with Crippen molar-refractivity contribution in [2.45, 2.75) is 77.2 Å². The first-order valence-electron chi connectivity index (χ1n) is 7.60. The molecule has 0 unspecified atom stereocenters. The van der Waals surface area contributed by atoms with E-state index in [1.165, 1.54) is 44.9 Å². The molecule has 114 valence electrons. The average Bonchev–Trinajstić information content (AvgIpc) is 2.42. The largest absolute Gasteiger partial charge is 0.463 e. The van der Waals surface area contributed by atoms with Crippen LogP contribution in [0.25, 0.3) is 0 Å². The Morgan fingerprint density at radius 3 is 2.11 bits per heavy atom. The SMILES string of the molecule is CCCCCCCCCCCC(=O)OC[C@H](O)CCl. The summed E-state index contributed by atoms with van der Waals surface area (Å²) < 4.78 is 4.89. The summed E-state index contributed by atoms with van der Waals surface area (Å²) in [5, 5.41) is 9.13. The first-order chi connectivity index (χ1) is 9.20. The Labute approximate surface area is 122 Å². The van der Waals surface area contributed by atoms with E-state index in [-0.39, 0.29) is 18.5 Å². The van der Waals surface area contributed by atoms with Crippen LogP contribution in [0.15, 0.2) is 0 Å². The third kappa shape index (κ3) is 13.9. The minimum Gasteiger partial charge on any atom is -0.463 e. The zero-order valence-corrected chi connectivity index (χ0v) is 13.0. The van der Waals surface area contributed by atoms with Gasteiger partial charge in [0.1, 0.15) is 12.7 Å². The number of esters is 1. The lowest BCUT2D eigenvalue weighted by Crippen LogP contribution is -2.19. The Hall–Kier alpha value is -0.280. The molecule has 0 aromatic rings. The Balaban J connectivity index is 3.18. The molecule has 0 amide bonds. The van der Waals surface area contributed by atoms with Crippen LogP contribution in [0.4, 0.5) is 0 Å². The van der Waals surface area contributed by atoms with Crippen molar-refractivity contribution in [3.63, 3.8) is 0 Å². The number of rotatable bonds is 13. The second kappa shape index (κ2) is 14.1. The van der Waals surface area contributed by atoms with Gasteiger partial charge < -0.3 is 9.84 Å². The molecule has 0 rings (SSSR count). The predicted octanol–water partition coefficient (Wildman–Crippen LogP) is 4.05. The van der Waals surface area contributed by atoms with Gasteiger partial charge in [-0.25, -0.2) is 0 Å². The van der Waals surface area contributed by atoms with Crippen LogP contribution in [0.1, 0.15) is 71.1 Å². The van der Waals surface area contributed by atoms with E-state index in [2.05, 4.69) is 6.92 Å². The van der Waals surface area contributed by atoms with Gasteiger partial charge in [-0.2, -0.15) is 0 Å². The summed E-state index contributed by atoms with van der Waals surface area (Å²) in [6.07, 6.45) is 10.8. The first kappa shape index (κ1) is 18.7. The van der Waals surface area contributed by atoms with Crippen molar-refractivity contribution in [1.82, 2.24) is 0 Å². The first-order valence-corrected chi connectivity index (χ1v) is 8.13. The van der Waals surface area contributed by atoms with Gasteiger partial charge in [0, 0.05) is 6.42 Å². The van der Waals surface area contributed by atoms with E-state index in [4.69, 9.17) is 21.4 Å². The molecule has 0 radical (unpaired) electrons. The van der Waals surface area contributed by atoms with Gasteiger partial charge in [-0.3, -0.25) is 4.79 Å². The van der Waals surface area contributed by atoms with Crippen molar-refractivity contribution in [3.05, 3.63) is 0 Å². The summed E-state index contributed by atoms with van der Waals surface area (Å²) in [7, 11) is 0. The van der Waals surface area contributed by atoms with E-state index in [1.807, 2.05) is 0 Å². The van der Waals surface area contributed by atoms with Gasteiger partial charge in [-0.15, -0.1) is 11.6 Å². The Morgan fingerprint density at radius 1 is 1.05 bits per heavy atom. The molecule has 19 heavy (non-hydrogen) atoms. The van der Waals surface area contributed by atoms with E-state index in [0.717, 1.165) is 12.8 Å². The summed E-state index contributed by atoms with van der Waals surface area (Å²) in [5.74, 6) is -0.127. The zero-order valence-electron chi connectivity index (χ0n) is 12.2. The summed E-state index contributed by atoms with van der Waals surface area (Å²) in [6.45, 7) is 2.24. The summed E-state index contributed by atoms with van der Waals surface area (Å²) in [6, 6.07) is 0. The molecule has 0 spiro atoms. The fourth-order valence-corrected chi connectivity index (χ4v) is 1.97. The van der Waals surface area contributed by atoms with Crippen LogP contribution in [0.2, 0.25) is 0 Å². The second-order valence-corrected chi connectivity index (χ2v) is 5.38. The zero-order chi connectivity index (χ0) is 14.3. The van der Waals surface area contributed by atoms with Crippen LogP contribution in [0.5, 0.6) is 0 Å². The van der Waals surface area contributed by atoms with Gasteiger partial charge in [0.2, 0.25) is 0 Å². The molecular formula is C15H29ClO3. The number of aliphatic hydroxyl groups is 1.